The van der Waals surface area contributed by atoms with Gasteiger partial charge in [-0.05, 0) is 36.4 Å². The summed E-state index contributed by atoms with van der Waals surface area (Å²) in [5, 5.41) is 0. The van der Waals surface area contributed by atoms with E-state index in [9.17, 15) is 26.0 Å². The first-order chi connectivity index (χ1) is 12.7. The summed E-state index contributed by atoms with van der Waals surface area (Å²) in [4.78, 5) is 1.35. The molecule has 0 atom stereocenters. The molecule has 0 aromatic heterocycles. The molecule has 0 bridgehead atoms. The molecule has 0 aliphatic carbocycles. The number of hydrogen-bond acceptors (Lipinski definition) is 4. The lowest BCUT2D eigenvalue weighted by molar-refractivity contribution is -0.275. The number of benzene rings is 2. The van der Waals surface area contributed by atoms with Crippen LogP contribution in [0.4, 0.5) is 23.2 Å². The Morgan fingerprint density at radius 2 is 1.48 bits per heavy atom. The minimum absolute atomic E-state index is 0.0834. The number of alkyl halides is 3. The van der Waals surface area contributed by atoms with Gasteiger partial charge in [-0.15, -0.1) is 13.2 Å². The smallest absolute Gasteiger partial charge is 0.404 e. The van der Waals surface area contributed by atoms with Crippen molar-refractivity contribution in [2.75, 3.05) is 31.1 Å². The van der Waals surface area contributed by atoms with Crippen molar-refractivity contribution in [2.24, 2.45) is 0 Å². The second-order valence-electron chi connectivity index (χ2n) is 5.86. The minimum Gasteiger partial charge on any atom is -0.404 e. The summed E-state index contributed by atoms with van der Waals surface area (Å²) in [5.74, 6) is -1.13. The monoisotopic (exact) mass is 404 g/mol. The van der Waals surface area contributed by atoms with Crippen LogP contribution in [0.25, 0.3) is 0 Å². The van der Waals surface area contributed by atoms with Crippen LogP contribution < -0.4 is 9.64 Å². The SMILES string of the molecule is O=S(=O)(c1ccccc1OC(F)(F)F)N1CCN(c2ccc(F)cc2)CC1. The van der Waals surface area contributed by atoms with E-state index in [4.69, 9.17) is 0 Å². The molecule has 2 aromatic carbocycles. The normalized spacial score (nSPS) is 16.4. The maximum absolute atomic E-state index is 13.0. The number of anilines is 1. The molecule has 10 heteroatoms. The van der Waals surface area contributed by atoms with Crippen molar-refractivity contribution in [3.05, 3.63) is 54.3 Å². The molecule has 3 rings (SSSR count). The molecule has 1 aliphatic heterocycles. The number of rotatable bonds is 4. The van der Waals surface area contributed by atoms with Crippen molar-refractivity contribution in [3.63, 3.8) is 0 Å². The fourth-order valence-corrected chi connectivity index (χ4v) is 4.39. The van der Waals surface area contributed by atoms with Crippen LogP contribution in [0.1, 0.15) is 0 Å². The van der Waals surface area contributed by atoms with E-state index in [1.807, 2.05) is 4.90 Å². The van der Waals surface area contributed by atoms with Gasteiger partial charge in [0.05, 0.1) is 0 Å². The topological polar surface area (TPSA) is 49.9 Å². The Labute approximate surface area is 153 Å². The first-order valence-electron chi connectivity index (χ1n) is 8.02. The Morgan fingerprint density at radius 1 is 0.889 bits per heavy atom. The van der Waals surface area contributed by atoms with Gasteiger partial charge in [0.2, 0.25) is 10.0 Å². The quantitative estimate of drug-likeness (QED) is 0.735. The zero-order chi connectivity index (χ0) is 19.7. The predicted octanol–water partition coefficient (Wildman–Crippen LogP) is 3.24. The Balaban J connectivity index is 1.77. The highest BCUT2D eigenvalue weighted by Crippen LogP contribution is 2.32. The molecule has 1 heterocycles. The van der Waals surface area contributed by atoms with Crippen LogP contribution in [0, 0.1) is 5.82 Å². The van der Waals surface area contributed by atoms with E-state index in [1.54, 1.807) is 12.1 Å². The third-order valence-corrected chi connectivity index (χ3v) is 6.06. The molecule has 146 valence electrons. The van der Waals surface area contributed by atoms with Crippen molar-refractivity contribution in [1.29, 1.82) is 0 Å². The lowest BCUT2D eigenvalue weighted by Crippen LogP contribution is -2.48. The van der Waals surface area contributed by atoms with Crippen LogP contribution in [-0.2, 0) is 10.0 Å². The molecular formula is C17H16F4N2O3S. The number of sulfonamides is 1. The first kappa shape index (κ1) is 19.4. The first-order valence-corrected chi connectivity index (χ1v) is 9.46. The van der Waals surface area contributed by atoms with Crippen LogP contribution in [0.2, 0.25) is 0 Å². The number of para-hydroxylation sites is 1. The van der Waals surface area contributed by atoms with Crippen molar-refractivity contribution in [3.8, 4) is 5.75 Å². The average molecular weight is 404 g/mol. The van der Waals surface area contributed by atoms with Gasteiger partial charge < -0.3 is 9.64 Å². The molecule has 0 unspecified atom stereocenters. The molecule has 0 amide bonds. The molecular weight excluding hydrogens is 388 g/mol. The lowest BCUT2D eigenvalue weighted by Gasteiger charge is -2.35. The summed E-state index contributed by atoms with van der Waals surface area (Å²) in [6, 6.07) is 10.5. The highest BCUT2D eigenvalue weighted by Gasteiger charge is 2.36. The summed E-state index contributed by atoms with van der Waals surface area (Å²) in [6.45, 7) is 0.820. The van der Waals surface area contributed by atoms with Gasteiger partial charge in [0.1, 0.15) is 16.5 Å². The maximum Gasteiger partial charge on any atom is 0.573 e. The van der Waals surface area contributed by atoms with Crippen molar-refractivity contribution >= 4 is 15.7 Å². The molecule has 1 fully saturated rings. The van der Waals surface area contributed by atoms with Gasteiger partial charge in [-0.1, -0.05) is 12.1 Å². The standard InChI is InChI=1S/C17H16F4N2O3S/c18-13-5-7-14(8-6-13)22-9-11-23(12-10-22)27(24,25)16-4-2-1-3-15(16)26-17(19,20)21/h1-8H,9-12H2. The Hall–Kier alpha value is -2.33. The van der Waals surface area contributed by atoms with Crippen LogP contribution in [-0.4, -0.2) is 45.3 Å². The number of hydrogen-bond donors (Lipinski definition) is 0. The molecule has 2 aromatic rings. The van der Waals surface area contributed by atoms with Crippen molar-refractivity contribution < 1.29 is 30.7 Å². The summed E-state index contributed by atoms with van der Waals surface area (Å²) >= 11 is 0. The number of ether oxygens (including phenoxy) is 1. The van der Waals surface area contributed by atoms with E-state index >= 15 is 0 Å². The Bertz CT molecular complexity index is 893. The molecule has 0 saturated carbocycles. The van der Waals surface area contributed by atoms with E-state index in [1.165, 1.54) is 24.3 Å². The fourth-order valence-electron chi connectivity index (χ4n) is 2.85. The van der Waals surface area contributed by atoms with E-state index in [0.717, 1.165) is 22.1 Å². The molecule has 0 N–H and O–H groups in total. The van der Waals surface area contributed by atoms with Crippen LogP contribution in [0.5, 0.6) is 5.75 Å². The van der Waals surface area contributed by atoms with Crippen LogP contribution >= 0.6 is 0 Å². The van der Waals surface area contributed by atoms with Gasteiger partial charge in [0.25, 0.3) is 0 Å². The minimum atomic E-state index is -4.99. The summed E-state index contributed by atoms with van der Waals surface area (Å²) in [7, 11) is -4.16. The van der Waals surface area contributed by atoms with Gasteiger partial charge in [-0.25, -0.2) is 12.8 Å². The summed E-state index contributed by atoms with van der Waals surface area (Å²) in [6.07, 6.45) is -4.99. The van der Waals surface area contributed by atoms with Crippen molar-refractivity contribution in [2.45, 2.75) is 11.3 Å². The zero-order valence-corrected chi connectivity index (χ0v) is 14.8. The van der Waals surface area contributed by atoms with E-state index < -0.39 is 27.0 Å². The van der Waals surface area contributed by atoms with Crippen LogP contribution in [0.15, 0.2) is 53.4 Å². The number of nitrogens with zero attached hydrogens (tertiary/aromatic N) is 2. The largest absolute Gasteiger partial charge is 0.573 e. The zero-order valence-electron chi connectivity index (χ0n) is 14.0. The highest BCUT2D eigenvalue weighted by molar-refractivity contribution is 7.89. The fraction of sp³-hybridized carbons (Fsp3) is 0.294. The Kier molecular flexibility index (Phi) is 5.29. The predicted molar refractivity (Wildman–Crippen MR) is 90.5 cm³/mol. The second kappa shape index (κ2) is 7.35. The van der Waals surface area contributed by atoms with Crippen molar-refractivity contribution in [1.82, 2.24) is 4.31 Å². The van der Waals surface area contributed by atoms with E-state index in [0.29, 0.717) is 13.1 Å². The second-order valence-corrected chi connectivity index (χ2v) is 7.77. The van der Waals surface area contributed by atoms with Gasteiger partial charge >= 0.3 is 6.36 Å². The van der Waals surface area contributed by atoms with Gasteiger partial charge in [-0.3, -0.25) is 0 Å². The molecule has 5 nitrogen and oxygen atoms in total. The molecule has 1 aliphatic rings. The van der Waals surface area contributed by atoms with Gasteiger partial charge in [-0.2, -0.15) is 4.31 Å². The van der Waals surface area contributed by atoms with E-state index in [-0.39, 0.29) is 18.9 Å². The lowest BCUT2D eigenvalue weighted by atomic mass is 10.2. The maximum atomic E-state index is 13.0. The van der Waals surface area contributed by atoms with Gasteiger partial charge in [0.15, 0.2) is 0 Å². The van der Waals surface area contributed by atoms with Gasteiger partial charge in [0, 0.05) is 31.9 Å². The molecule has 0 spiro atoms. The molecule has 1 saturated heterocycles. The van der Waals surface area contributed by atoms with Crippen LogP contribution in [0.3, 0.4) is 0 Å². The Morgan fingerprint density at radius 3 is 2.07 bits per heavy atom. The molecule has 27 heavy (non-hydrogen) atoms. The highest BCUT2D eigenvalue weighted by atomic mass is 32.2. The third-order valence-electron chi connectivity index (χ3n) is 4.12. The number of piperazine rings is 1. The van der Waals surface area contributed by atoms with E-state index in [2.05, 4.69) is 4.74 Å². The summed E-state index contributed by atoms with van der Waals surface area (Å²) in [5.41, 5.74) is 0.745. The molecule has 0 radical (unpaired) electrons. The average Bonchev–Trinajstić information content (AvgIpc) is 2.61. The third kappa shape index (κ3) is 4.51. The summed E-state index contributed by atoms with van der Waals surface area (Å²) < 4.78 is 81.2. The number of halogens is 4.